The first-order valence-corrected chi connectivity index (χ1v) is 22.3. The molecule has 0 aliphatic carbocycles. The zero-order valence-electron chi connectivity index (χ0n) is 37.4. The molecule has 0 spiro atoms. The third-order valence-corrected chi connectivity index (χ3v) is 12.7. The van der Waals surface area contributed by atoms with Gasteiger partial charge in [0.1, 0.15) is 5.75 Å². The summed E-state index contributed by atoms with van der Waals surface area (Å²) >= 11 is 0. The van der Waals surface area contributed by atoms with Gasteiger partial charge in [-0.25, -0.2) is 0 Å². The van der Waals surface area contributed by atoms with Crippen molar-refractivity contribution in [1.29, 1.82) is 0 Å². The van der Waals surface area contributed by atoms with E-state index < -0.39 is 0 Å². The minimum atomic E-state index is 0.0716. The molecule has 4 heteroatoms. The van der Waals surface area contributed by atoms with Gasteiger partial charge in [-0.05, 0) is 126 Å². The van der Waals surface area contributed by atoms with Gasteiger partial charge in [0, 0.05) is 39.4 Å². The molecule has 2 N–H and O–H groups in total. The van der Waals surface area contributed by atoms with Gasteiger partial charge in [-0.15, -0.1) is 0 Å². The van der Waals surface area contributed by atoms with Gasteiger partial charge in [0.2, 0.25) is 0 Å². The first-order chi connectivity index (χ1) is 30.9. The number of nitrogens with zero attached hydrogens (tertiary/aromatic N) is 1. The second-order valence-electron chi connectivity index (χ2n) is 19.2. The molecule has 0 unspecified atom stereocenters. The highest BCUT2D eigenvalue weighted by atomic mass is 16.3. The Balaban J connectivity index is 1.13. The Labute approximate surface area is 379 Å². The smallest absolute Gasteiger partial charge is 0.197 e. The first kappa shape index (κ1) is 40.8. The highest BCUT2D eigenvalue weighted by molar-refractivity contribution is 6.74. The predicted octanol–water partition coefficient (Wildman–Crippen LogP) is 15.0. The van der Waals surface area contributed by atoms with E-state index in [1.807, 2.05) is 18.2 Å². The van der Waals surface area contributed by atoms with Gasteiger partial charge >= 0.3 is 0 Å². The van der Waals surface area contributed by atoms with Gasteiger partial charge in [0.15, 0.2) is 7.28 Å². The fraction of sp³-hybridized carbons (Fsp3) is 0.133. The van der Waals surface area contributed by atoms with Crippen LogP contribution in [-0.2, 0) is 10.8 Å². The van der Waals surface area contributed by atoms with Crippen molar-refractivity contribution in [2.45, 2.75) is 52.4 Å². The quantitative estimate of drug-likeness (QED) is 0.124. The van der Waals surface area contributed by atoms with Crippen molar-refractivity contribution < 1.29 is 5.11 Å². The molecular weight excluding hydrogens is 775 g/mol. The Kier molecular flexibility index (Phi) is 10.3. The minimum absolute atomic E-state index is 0.0716. The predicted molar refractivity (Wildman–Crippen MR) is 274 cm³/mol. The van der Waals surface area contributed by atoms with E-state index in [0.29, 0.717) is 0 Å². The van der Waals surface area contributed by atoms with Crippen molar-refractivity contribution in [2.75, 3.05) is 10.2 Å². The van der Waals surface area contributed by atoms with Crippen LogP contribution in [0.1, 0.15) is 52.7 Å². The van der Waals surface area contributed by atoms with Gasteiger partial charge < -0.3 is 15.3 Å². The fourth-order valence-electron chi connectivity index (χ4n) is 9.08. The van der Waals surface area contributed by atoms with E-state index in [4.69, 9.17) is 0 Å². The van der Waals surface area contributed by atoms with Crippen LogP contribution >= 0.6 is 0 Å². The van der Waals surface area contributed by atoms with Crippen molar-refractivity contribution in [1.82, 2.24) is 0 Å². The molecule has 64 heavy (non-hydrogen) atoms. The number of nitrogens with one attached hydrogen (secondary N) is 1. The molecule has 0 bridgehead atoms. The molecule has 1 heterocycles. The lowest BCUT2D eigenvalue weighted by molar-refractivity contribution is 0.475. The average molecular weight is 828 g/mol. The lowest BCUT2D eigenvalue weighted by atomic mass is 9.57. The second kappa shape index (κ2) is 16.1. The molecule has 9 aromatic rings. The van der Waals surface area contributed by atoms with E-state index in [1.165, 1.54) is 33.4 Å². The van der Waals surface area contributed by atoms with Crippen molar-refractivity contribution in [3.63, 3.8) is 0 Å². The summed E-state index contributed by atoms with van der Waals surface area (Å²) in [5.41, 5.74) is 19.1. The Morgan fingerprint density at radius 3 is 1.62 bits per heavy atom. The number of phenols is 1. The Morgan fingerprint density at radius 1 is 0.469 bits per heavy atom. The van der Waals surface area contributed by atoms with Gasteiger partial charge in [-0.1, -0.05) is 187 Å². The molecule has 0 saturated heterocycles. The lowest BCUT2D eigenvalue weighted by Crippen LogP contribution is -2.41. The van der Waals surface area contributed by atoms with Gasteiger partial charge in [0.25, 0.3) is 0 Å². The average Bonchev–Trinajstić information content (AvgIpc) is 3.31. The summed E-state index contributed by atoms with van der Waals surface area (Å²) in [6.07, 6.45) is 0. The van der Waals surface area contributed by atoms with Crippen molar-refractivity contribution in [3.8, 4) is 50.3 Å². The summed E-state index contributed by atoms with van der Waals surface area (Å²) in [4.78, 5) is 2.44. The summed E-state index contributed by atoms with van der Waals surface area (Å²) in [5.74, 6) is 0.210. The largest absolute Gasteiger partial charge is 0.508 e. The molecule has 0 amide bonds. The second-order valence-corrected chi connectivity index (χ2v) is 19.2. The van der Waals surface area contributed by atoms with E-state index in [1.54, 1.807) is 6.07 Å². The summed E-state index contributed by atoms with van der Waals surface area (Å²) in [5, 5.41) is 17.2. The summed E-state index contributed by atoms with van der Waals surface area (Å²) in [6.45, 7) is 13.5. The number of phenolic OH excluding ortho intramolecular Hbond substituents is 1. The molecule has 3 nitrogen and oxygen atoms in total. The number of rotatable bonds is 7. The van der Waals surface area contributed by atoms with Crippen LogP contribution in [0.2, 0.25) is 0 Å². The number of hydrogen-bond acceptors (Lipinski definition) is 3. The molecule has 0 aromatic heterocycles. The maximum absolute atomic E-state index is 11.2. The van der Waals surface area contributed by atoms with Crippen molar-refractivity contribution in [3.05, 3.63) is 205 Å². The molecule has 0 saturated carbocycles. The Morgan fingerprint density at radius 2 is 1.00 bits per heavy atom. The summed E-state index contributed by atoms with van der Waals surface area (Å²) in [7, 11) is 2.35. The van der Waals surface area contributed by atoms with Crippen LogP contribution in [-0.4, -0.2) is 12.4 Å². The molecular formula is C60H52BN2O. The van der Waals surface area contributed by atoms with Crippen LogP contribution in [0.3, 0.4) is 0 Å². The van der Waals surface area contributed by atoms with Crippen LogP contribution in [0, 0.1) is 0 Å². The molecule has 1 aliphatic heterocycles. The molecule has 10 rings (SSSR count). The zero-order chi connectivity index (χ0) is 44.2. The van der Waals surface area contributed by atoms with Gasteiger partial charge in [-0.2, -0.15) is 0 Å². The number of aromatic hydroxyl groups is 1. The van der Waals surface area contributed by atoms with Crippen LogP contribution in [0.15, 0.2) is 194 Å². The molecule has 1 aliphatic rings. The van der Waals surface area contributed by atoms with Crippen molar-refractivity contribution in [2.24, 2.45) is 0 Å². The molecule has 0 fully saturated rings. The standard InChI is InChI=1S/C60H52BN2O/c1-59(2,3)46-25-16-40(17-26-46)42-22-31-49(32-23-42)63-56-35-24-44(43-18-27-47(28-19-43)60(4,5)6)37-54(56)61-57-53(36-45-14-10-11-15-51(45)58(57)63)52-38-50(64)33-34-55(52)62-48-29-20-41(21-30-48)39-12-8-7-9-13-39/h7-38,62,64H,1-6H3. The van der Waals surface area contributed by atoms with Crippen molar-refractivity contribution >= 4 is 57.4 Å². The van der Waals surface area contributed by atoms with Crippen LogP contribution in [0.4, 0.5) is 28.4 Å². The first-order valence-electron chi connectivity index (χ1n) is 22.3. The van der Waals surface area contributed by atoms with Crippen LogP contribution in [0.5, 0.6) is 5.75 Å². The molecule has 311 valence electrons. The highest BCUT2D eigenvalue weighted by Crippen LogP contribution is 2.44. The maximum Gasteiger partial charge on any atom is 0.197 e. The molecule has 1 radical (unpaired) electrons. The highest BCUT2D eigenvalue weighted by Gasteiger charge is 2.31. The van der Waals surface area contributed by atoms with E-state index in [0.717, 1.165) is 72.4 Å². The Hall–Kier alpha value is -7.30. The summed E-state index contributed by atoms with van der Waals surface area (Å²) in [6, 6.07) is 69.5. The normalized spacial score (nSPS) is 12.4. The van der Waals surface area contributed by atoms with Crippen LogP contribution in [0.25, 0.3) is 55.3 Å². The van der Waals surface area contributed by atoms with Gasteiger partial charge in [0.05, 0.1) is 0 Å². The maximum atomic E-state index is 11.2. The van der Waals surface area contributed by atoms with E-state index >= 15 is 0 Å². The fourth-order valence-corrected chi connectivity index (χ4v) is 9.08. The number of fused-ring (bicyclic) bond motifs is 4. The number of benzene rings is 9. The lowest BCUT2D eigenvalue weighted by Gasteiger charge is -2.36. The van der Waals surface area contributed by atoms with E-state index in [9.17, 15) is 5.11 Å². The zero-order valence-corrected chi connectivity index (χ0v) is 37.4. The van der Waals surface area contributed by atoms with Gasteiger partial charge in [-0.3, -0.25) is 0 Å². The number of anilines is 5. The third kappa shape index (κ3) is 7.86. The third-order valence-electron chi connectivity index (χ3n) is 12.7. The number of hydrogen-bond donors (Lipinski definition) is 2. The monoisotopic (exact) mass is 827 g/mol. The topological polar surface area (TPSA) is 35.5 Å². The summed E-state index contributed by atoms with van der Waals surface area (Å²) < 4.78 is 0. The van der Waals surface area contributed by atoms with E-state index in [2.05, 4.69) is 229 Å². The SMILES string of the molecule is CC(C)(C)c1ccc(-c2ccc(N3c4ccc(-c5ccc(C(C)(C)C)cc5)cc4[B]c4c(-c5cc(O)ccc5Nc5ccc(-c6ccccc6)cc5)cc5ccccc5c43)cc2)cc1. The molecule has 0 atom stereocenters. The molecule has 9 aromatic carbocycles. The van der Waals surface area contributed by atoms with Crippen LogP contribution < -0.4 is 21.1 Å². The van der Waals surface area contributed by atoms with E-state index in [-0.39, 0.29) is 16.6 Å². The Bertz CT molecular complexity index is 3140. The minimum Gasteiger partial charge on any atom is -0.508 e.